The highest BCUT2D eigenvalue weighted by Gasteiger charge is 2.08. The zero-order valence-electron chi connectivity index (χ0n) is 7.16. The Bertz CT molecular complexity index is 390. The van der Waals surface area contributed by atoms with Crippen LogP contribution in [0.1, 0.15) is 15.9 Å². The summed E-state index contributed by atoms with van der Waals surface area (Å²) < 4.78 is 0. The molecule has 1 N–H and O–H groups in total. The summed E-state index contributed by atoms with van der Waals surface area (Å²) >= 11 is 5.75. The zero-order valence-corrected chi connectivity index (χ0v) is 9.07. The van der Waals surface area contributed by atoms with Crippen molar-refractivity contribution in [3.05, 3.63) is 34.3 Å². The van der Waals surface area contributed by atoms with Gasteiger partial charge in [-0.05, 0) is 17.7 Å². The molecule has 74 valence electrons. The molecule has 0 heterocycles. The van der Waals surface area contributed by atoms with Crippen molar-refractivity contribution in [1.82, 2.24) is 0 Å². The first-order chi connectivity index (χ1) is 6.50. The lowest BCUT2D eigenvalue weighted by atomic mass is 10.1. The molecule has 1 aromatic rings. The monoisotopic (exact) mass is 230 g/mol. The number of benzene rings is 1. The molecule has 3 nitrogen and oxygen atoms in total. The molecule has 0 radical (unpaired) electrons. The maximum atomic E-state index is 11.0. The molecular weight excluding hydrogens is 223 g/mol. The number of carboxylic acids is 1. The second kappa shape index (κ2) is 4.54. The van der Waals surface area contributed by atoms with Gasteiger partial charge in [0.25, 0.3) is 0 Å². The fourth-order valence-electron chi connectivity index (χ4n) is 1.05. The number of carboxylic acid groups (broad SMARTS) is 1. The third-order valence-corrected chi connectivity index (χ3v) is 2.29. The highest BCUT2D eigenvalue weighted by molar-refractivity contribution is 7.41. The van der Waals surface area contributed by atoms with Gasteiger partial charge in [0.05, 0.1) is 11.4 Å². The van der Waals surface area contributed by atoms with E-state index in [4.69, 9.17) is 16.7 Å². The van der Waals surface area contributed by atoms with Crippen molar-refractivity contribution in [3.8, 4) is 0 Å². The summed E-state index contributed by atoms with van der Waals surface area (Å²) in [6, 6.07) is 4.61. The Hall–Kier alpha value is -0.920. The van der Waals surface area contributed by atoms with Crippen LogP contribution in [0.3, 0.4) is 0 Å². The summed E-state index contributed by atoms with van der Waals surface area (Å²) in [5, 5.41) is 8.88. The lowest BCUT2D eigenvalue weighted by Crippen LogP contribution is -2.01. The van der Waals surface area contributed by atoms with Gasteiger partial charge in [0.2, 0.25) is 0 Å². The molecular formula is C9H8ClO3P. The van der Waals surface area contributed by atoms with Crippen LogP contribution in [0.15, 0.2) is 18.2 Å². The van der Waals surface area contributed by atoms with E-state index in [1.165, 1.54) is 12.1 Å². The first-order valence-corrected chi connectivity index (χ1v) is 4.76. The maximum absolute atomic E-state index is 11.0. The minimum atomic E-state index is -0.936. The summed E-state index contributed by atoms with van der Waals surface area (Å²) in [6.45, 7) is 0. The van der Waals surface area contributed by atoms with E-state index < -0.39 is 5.97 Å². The van der Waals surface area contributed by atoms with Gasteiger partial charge in [-0.3, -0.25) is 9.59 Å². The smallest absolute Gasteiger partial charge is 0.307 e. The summed E-state index contributed by atoms with van der Waals surface area (Å²) in [4.78, 5) is 21.4. The molecule has 0 aliphatic rings. The summed E-state index contributed by atoms with van der Waals surface area (Å²) in [7, 11) is 2.00. The molecule has 1 atom stereocenters. The predicted octanol–water partition coefficient (Wildman–Crippen LogP) is 1.98. The highest BCUT2D eigenvalue weighted by Crippen LogP contribution is 2.20. The van der Waals surface area contributed by atoms with Crippen LogP contribution >= 0.6 is 20.8 Å². The molecule has 5 heteroatoms. The molecule has 1 aromatic carbocycles. The summed E-state index contributed by atoms with van der Waals surface area (Å²) in [6.07, 6.45) is -0.109. The third kappa shape index (κ3) is 2.79. The van der Waals surface area contributed by atoms with Crippen LogP contribution in [0.25, 0.3) is 0 Å². The highest BCUT2D eigenvalue weighted by atomic mass is 35.5. The van der Waals surface area contributed by atoms with Crippen LogP contribution in [0.2, 0.25) is 5.02 Å². The first kappa shape index (κ1) is 11.2. The molecule has 0 bridgehead atoms. The molecule has 0 amide bonds. The number of hydrogen-bond acceptors (Lipinski definition) is 2. The van der Waals surface area contributed by atoms with Crippen molar-refractivity contribution in [2.75, 3.05) is 0 Å². The number of carbonyl (C=O) groups excluding carboxylic acids is 1. The van der Waals surface area contributed by atoms with Gasteiger partial charge < -0.3 is 5.11 Å². The molecule has 0 spiro atoms. The van der Waals surface area contributed by atoms with Crippen LogP contribution < -0.4 is 0 Å². The minimum Gasteiger partial charge on any atom is -0.481 e. The van der Waals surface area contributed by atoms with Gasteiger partial charge in [-0.1, -0.05) is 26.9 Å². The molecule has 0 aliphatic carbocycles. The molecule has 0 fully saturated rings. The van der Waals surface area contributed by atoms with E-state index in [0.29, 0.717) is 16.1 Å². The molecule has 0 saturated heterocycles. The molecule has 0 saturated carbocycles. The quantitative estimate of drug-likeness (QED) is 0.808. The van der Waals surface area contributed by atoms with E-state index in [2.05, 4.69) is 0 Å². The van der Waals surface area contributed by atoms with Gasteiger partial charge in [-0.2, -0.15) is 0 Å². The van der Waals surface area contributed by atoms with E-state index in [0.717, 1.165) is 0 Å². The SMILES string of the molecule is O=C(O)Cc1ccc(Cl)c(C(=O)P)c1. The molecule has 0 aromatic heterocycles. The van der Waals surface area contributed by atoms with Crippen LogP contribution in [-0.2, 0) is 11.2 Å². The number of aliphatic carboxylic acids is 1. The Morgan fingerprint density at radius 1 is 1.43 bits per heavy atom. The normalized spacial score (nSPS) is 9.86. The van der Waals surface area contributed by atoms with Crippen molar-refractivity contribution < 1.29 is 14.7 Å². The van der Waals surface area contributed by atoms with E-state index in [-0.39, 0.29) is 11.9 Å². The maximum Gasteiger partial charge on any atom is 0.307 e. The van der Waals surface area contributed by atoms with Gasteiger partial charge in [0, 0.05) is 5.56 Å². The van der Waals surface area contributed by atoms with Crippen molar-refractivity contribution in [2.24, 2.45) is 0 Å². The lowest BCUT2D eigenvalue weighted by molar-refractivity contribution is -0.136. The third-order valence-electron chi connectivity index (χ3n) is 1.65. The molecule has 1 unspecified atom stereocenters. The van der Waals surface area contributed by atoms with Crippen LogP contribution in [0, 0.1) is 0 Å². The van der Waals surface area contributed by atoms with Gasteiger partial charge in [0.15, 0.2) is 5.52 Å². The average Bonchev–Trinajstić information content (AvgIpc) is 2.07. The van der Waals surface area contributed by atoms with E-state index in [1.807, 2.05) is 9.24 Å². The molecule has 14 heavy (non-hydrogen) atoms. The van der Waals surface area contributed by atoms with Gasteiger partial charge in [-0.25, -0.2) is 0 Å². The van der Waals surface area contributed by atoms with Crippen LogP contribution in [0.5, 0.6) is 0 Å². The fourth-order valence-corrected chi connectivity index (χ4v) is 1.59. The zero-order chi connectivity index (χ0) is 10.7. The van der Waals surface area contributed by atoms with Gasteiger partial charge in [0.1, 0.15) is 0 Å². The number of rotatable bonds is 3. The minimum absolute atomic E-state index is 0.109. The number of carbonyl (C=O) groups is 2. The van der Waals surface area contributed by atoms with Crippen molar-refractivity contribution in [3.63, 3.8) is 0 Å². The van der Waals surface area contributed by atoms with Crippen LogP contribution in [-0.4, -0.2) is 16.6 Å². The Morgan fingerprint density at radius 2 is 2.07 bits per heavy atom. The van der Waals surface area contributed by atoms with Crippen molar-refractivity contribution in [2.45, 2.75) is 6.42 Å². The van der Waals surface area contributed by atoms with Gasteiger partial charge >= 0.3 is 5.97 Å². The lowest BCUT2D eigenvalue weighted by Gasteiger charge is -2.02. The molecule has 0 aliphatic heterocycles. The standard InChI is InChI=1S/C9H8ClO3P/c10-7-2-1-5(4-8(11)12)3-6(7)9(13)14/h1-3H,4,14H2,(H,11,12). The predicted molar refractivity (Wildman–Crippen MR) is 56.8 cm³/mol. The van der Waals surface area contributed by atoms with Crippen molar-refractivity contribution >= 4 is 32.3 Å². The van der Waals surface area contributed by atoms with Gasteiger partial charge in [-0.15, -0.1) is 0 Å². The Labute approximate surface area is 88.3 Å². The fraction of sp³-hybridized carbons (Fsp3) is 0.111. The number of hydrogen-bond donors (Lipinski definition) is 1. The largest absolute Gasteiger partial charge is 0.481 e. The topological polar surface area (TPSA) is 54.4 Å². The van der Waals surface area contributed by atoms with E-state index in [1.54, 1.807) is 6.07 Å². The summed E-state index contributed by atoms with van der Waals surface area (Å²) in [5.74, 6) is -0.936. The molecule has 1 rings (SSSR count). The Kier molecular flexibility index (Phi) is 3.62. The summed E-state index contributed by atoms with van der Waals surface area (Å²) in [5.41, 5.74) is 0.644. The van der Waals surface area contributed by atoms with Crippen molar-refractivity contribution in [1.29, 1.82) is 0 Å². The second-order valence-electron chi connectivity index (χ2n) is 2.75. The number of halogens is 1. The Morgan fingerprint density at radius 3 is 2.57 bits per heavy atom. The van der Waals surface area contributed by atoms with E-state index in [9.17, 15) is 9.59 Å². The first-order valence-electron chi connectivity index (χ1n) is 3.80. The second-order valence-corrected chi connectivity index (χ2v) is 3.68. The average molecular weight is 231 g/mol. The Balaban J connectivity index is 3.06. The van der Waals surface area contributed by atoms with E-state index >= 15 is 0 Å². The van der Waals surface area contributed by atoms with Crippen LogP contribution in [0.4, 0.5) is 0 Å².